The Hall–Kier alpha value is -2.84. The van der Waals surface area contributed by atoms with Gasteiger partial charge in [0.15, 0.2) is 11.6 Å². The lowest BCUT2D eigenvalue weighted by atomic mass is 10.0. The van der Waals surface area contributed by atoms with Crippen molar-refractivity contribution in [3.05, 3.63) is 71.3 Å². The van der Waals surface area contributed by atoms with Crippen LogP contribution in [0.15, 0.2) is 59.5 Å². The first kappa shape index (κ1) is 20.9. The summed E-state index contributed by atoms with van der Waals surface area (Å²) in [6.07, 6.45) is 0. The van der Waals surface area contributed by atoms with E-state index in [9.17, 15) is 17.2 Å². The van der Waals surface area contributed by atoms with Gasteiger partial charge in [0.2, 0.25) is 0 Å². The predicted molar refractivity (Wildman–Crippen MR) is 107 cm³/mol. The van der Waals surface area contributed by atoms with Crippen molar-refractivity contribution in [3.63, 3.8) is 0 Å². The number of sulfonamides is 1. The molecule has 0 aliphatic rings. The molecule has 3 aromatic carbocycles. The molecule has 0 aromatic heterocycles. The van der Waals surface area contributed by atoms with Gasteiger partial charge in [-0.25, -0.2) is 17.2 Å². The Morgan fingerprint density at radius 3 is 2.00 bits per heavy atom. The van der Waals surface area contributed by atoms with E-state index in [0.29, 0.717) is 5.56 Å². The minimum Gasteiger partial charge on any atom is -0.495 e. The predicted octanol–water partition coefficient (Wildman–Crippen LogP) is 5.10. The van der Waals surface area contributed by atoms with Crippen LogP contribution in [-0.4, -0.2) is 22.6 Å². The maximum atomic E-state index is 14.0. The van der Waals surface area contributed by atoms with Crippen molar-refractivity contribution in [2.45, 2.75) is 4.90 Å². The molecule has 29 heavy (non-hydrogen) atoms. The topological polar surface area (TPSA) is 64.6 Å². The molecule has 152 valence electrons. The monoisotopic (exact) mass is 439 g/mol. The number of ether oxygens (including phenoxy) is 2. The lowest BCUT2D eigenvalue weighted by molar-refractivity contribution is 0.395. The summed E-state index contributed by atoms with van der Waals surface area (Å²) in [6, 6.07) is 12.1. The van der Waals surface area contributed by atoms with Crippen molar-refractivity contribution in [1.82, 2.24) is 0 Å². The Labute approximate surface area is 171 Å². The van der Waals surface area contributed by atoms with Gasteiger partial charge in [-0.15, -0.1) is 0 Å². The fourth-order valence-electron chi connectivity index (χ4n) is 2.70. The minimum atomic E-state index is -4.04. The van der Waals surface area contributed by atoms with E-state index in [1.165, 1.54) is 38.5 Å². The molecule has 0 radical (unpaired) electrons. The largest absolute Gasteiger partial charge is 0.495 e. The molecule has 0 heterocycles. The first-order valence-corrected chi connectivity index (χ1v) is 10.1. The smallest absolute Gasteiger partial charge is 0.261 e. The van der Waals surface area contributed by atoms with Crippen molar-refractivity contribution >= 4 is 27.3 Å². The molecule has 9 heteroatoms. The Morgan fingerprint density at radius 2 is 1.45 bits per heavy atom. The maximum Gasteiger partial charge on any atom is 0.261 e. The van der Waals surface area contributed by atoms with Crippen LogP contribution in [0.25, 0.3) is 11.1 Å². The van der Waals surface area contributed by atoms with E-state index in [2.05, 4.69) is 4.72 Å². The number of hydrogen-bond acceptors (Lipinski definition) is 4. The number of methoxy groups -OCH3 is 2. The van der Waals surface area contributed by atoms with Crippen LogP contribution in [0.5, 0.6) is 11.5 Å². The van der Waals surface area contributed by atoms with Crippen molar-refractivity contribution < 1.29 is 26.7 Å². The van der Waals surface area contributed by atoms with E-state index >= 15 is 0 Å². The third kappa shape index (κ3) is 4.28. The third-order valence-electron chi connectivity index (χ3n) is 4.11. The number of anilines is 1. The lowest BCUT2D eigenvalue weighted by Crippen LogP contribution is -2.14. The van der Waals surface area contributed by atoms with Crippen LogP contribution in [0.3, 0.4) is 0 Å². The summed E-state index contributed by atoms with van der Waals surface area (Å²) >= 11 is 6.16. The van der Waals surface area contributed by atoms with Crippen LogP contribution >= 0.6 is 11.6 Å². The molecule has 0 aliphatic heterocycles. The van der Waals surface area contributed by atoms with E-state index in [4.69, 9.17) is 21.1 Å². The molecule has 3 rings (SSSR count). The molecule has 0 amide bonds. The van der Waals surface area contributed by atoms with Gasteiger partial charge in [-0.05, 0) is 35.9 Å². The lowest BCUT2D eigenvalue weighted by Gasteiger charge is -2.16. The molecule has 0 atom stereocenters. The van der Waals surface area contributed by atoms with Gasteiger partial charge in [-0.1, -0.05) is 29.8 Å². The van der Waals surface area contributed by atoms with Gasteiger partial charge < -0.3 is 9.47 Å². The molecular weight excluding hydrogens is 424 g/mol. The van der Waals surface area contributed by atoms with Crippen LogP contribution < -0.4 is 14.2 Å². The van der Waals surface area contributed by atoms with Crippen LogP contribution in [0.1, 0.15) is 0 Å². The summed E-state index contributed by atoms with van der Waals surface area (Å²) in [6.45, 7) is 0. The molecule has 0 saturated heterocycles. The zero-order chi connectivity index (χ0) is 21.2. The summed E-state index contributed by atoms with van der Waals surface area (Å²) in [5.41, 5.74) is 0.239. The van der Waals surface area contributed by atoms with Gasteiger partial charge in [0.25, 0.3) is 10.0 Å². The zero-order valence-electron chi connectivity index (χ0n) is 15.4. The molecular formula is C20H16ClF2NO4S. The fraction of sp³-hybridized carbons (Fsp3) is 0.100. The van der Waals surface area contributed by atoms with Crippen molar-refractivity contribution in [3.8, 4) is 22.6 Å². The number of nitrogens with one attached hydrogen (secondary N) is 1. The van der Waals surface area contributed by atoms with Crippen molar-refractivity contribution in [2.24, 2.45) is 0 Å². The number of halogens is 3. The van der Waals surface area contributed by atoms with E-state index in [1.807, 2.05) is 0 Å². The number of benzene rings is 3. The normalized spacial score (nSPS) is 11.2. The molecule has 0 bridgehead atoms. The summed E-state index contributed by atoms with van der Waals surface area (Å²) in [7, 11) is -1.27. The number of hydrogen-bond donors (Lipinski definition) is 1. The molecule has 0 spiro atoms. The van der Waals surface area contributed by atoms with E-state index in [0.717, 1.165) is 12.1 Å². The second-order valence-electron chi connectivity index (χ2n) is 5.93. The highest BCUT2D eigenvalue weighted by Crippen LogP contribution is 2.41. The first-order chi connectivity index (χ1) is 13.8. The van der Waals surface area contributed by atoms with Gasteiger partial charge >= 0.3 is 0 Å². The Morgan fingerprint density at radius 1 is 0.897 bits per heavy atom. The molecule has 0 aliphatic carbocycles. The van der Waals surface area contributed by atoms with Crippen molar-refractivity contribution in [2.75, 3.05) is 18.9 Å². The Kier molecular flexibility index (Phi) is 5.95. The third-order valence-corrected chi connectivity index (χ3v) is 5.87. The van der Waals surface area contributed by atoms with Gasteiger partial charge in [-0.2, -0.15) is 0 Å². The molecule has 1 N–H and O–H groups in total. The standard InChI is InChI=1S/C20H16ClF2NO4S/c1-27-18-8-12(9-19(28-2)20(18)21)14-10-15(22)16(23)11-17(14)24-29(25,26)13-6-4-3-5-7-13/h3-11,24H,1-2H3. The van der Waals surface area contributed by atoms with Gasteiger partial charge in [0.05, 0.1) is 24.8 Å². The molecule has 0 fully saturated rings. The second-order valence-corrected chi connectivity index (χ2v) is 7.99. The summed E-state index contributed by atoms with van der Waals surface area (Å²) < 4.78 is 66.0. The summed E-state index contributed by atoms with van der Waals surface area (Å²) in [5.74, 6) is -1.90. The fourth-order valence-corrected chi connectivity index (χ4v) is 4.05. The summed E-state index contributed by atoms with van der Waals surface area (Å²) in [5, 5.41) is 0.188. The number of rotatable bonds is 6. The van der Waals surface area contributed by atoms with Crippen LogP contribution in [-0.2, 0) is 10.0 Å². The maximum absolute atomic E-state index is 14.0. The van der Waals surface area contributed by atoms with Crippen LogP contribution in [0.2, 0.25) is 5.02 Å². The first-order valence-electron chi connectivity index (χ1n) is 8.25. The molecule has 0 unspecified atom stereocenters. The minimum absolute atomic E-state index is 0.0260. The Balaban J connectivity index is 2.18. The van der Waals surface area contributed by atoms with Crippen LogP contribution in [0, 0.1) is 11.6 Å². The highest BCUT2D eigenvalue weighted by Gasteiger charge is 2.21. The van der Waals surface area contributed by atoms with E-state index in [1.54, 1.807) is 18.2 Å². The van der Waals surface area contributed by atoms with Gasteiger partial charge in [0.1, 0.15) is 16.5 Å². The second kappa shape index (κ2) is 8.26. The Bertz CT molecular complexity index is 1130. The quantitative estimate of drug-likeness (QED) is 0.580. The van der Waals surface area contributed by atoms with Crippen LogP contribution in [0.4, 0.5) is 14.5 Å². The van der Waals surface area contributed by atoms with E-state index < -0.39 is 21.7 Å². The average molecular weight is 440 g/mol. The SMILES string of the molecule is COc1cc(-c2cc(F)c(F)cc2NS(=O)(=O)c2ccccc2)cc(OC)c1Cl. The molecule has 5 nitrogen and oxygen atoms in total. The van der Waals surface area contributed by atoms with E-state index in [-0.39, 0.29) is 32.7 Å². The average Bonchev–Trinajstić information content (AvgIpc) is 2.71. The highest BCUT2D eigenvalue weighted by molar-refractivity contribution is 7.92. The van der Waals surface area contributed by atoms with Gasteiger partial charge in [-0.3, -0.25) is 4.72 Å². The molecule has 3 aromatic rings. The van der Waals surface area contributed by atoms with Gasteiger partial charge in [0, 0.05) is 11.6 Å². The summed E-state index contributed by atoms with van der Waals surface area (Å²) in [4.78, 5) is -0.0260. The van der Waals surface area contributed by atoms with Crippen molar-refractivity contribution in [1.29, 1.82) is 0 Å². The highest BCUT2D eigenvalue weighted by atomic mass is 35.5. The molecule has 0 saturated carbocycles. The zero-order valence-corrected chi connectivity index (χ0v) is 16.9.